The molecule has 1 unspecified atom stereocenters. The van der Waals surface area contributed by atoms with Gasteiger partial charge in [-0.15, -0.1) is 0 Å². The van der Waals surface area contributed by atoms with E-state index in [2.05, 4.69) is 20.9 Å². The van der Waals surface area contributed by atoms with Gasteiger partial charge in [-0.3, -0.25) is 4.90 Å². The van der Waals surface area contributed by atoms with Crippen LogP contribution in [-0.4, -0.2) is 99.3 Å². The van der Waals surface area contributed by atoms with Crippen molar-refractivity contribution in [1.82, 2.24) is 19.7 Å². The lowest BCUT2D eigenvalue weighted by Gasteiger charge is -2.37. The summed E-state index contributed by atoms with van der Waals surface area (Å²) in [7, 11) is 7.19. The summed E-state index contributed by atoms with van der Waals surface area (Å²) in [4.78, 5) is 37.0. The molecule has 2 aromatic carbocycles. The average Bonchev–Trinajstić information content (AvgIpc) is 2.96. The number of hydrogen-bond acceptors (Lipinski definition) is 9. The van der Waals surface area contributed by atoms with Crippen molar-refractivity contribution in [2.24, 2.45) is 0 Å². The number of pyridine rings is 1. The fourth-order valence-corrected chi connectivity index (χ4v) is 4.60. The highest BCUT2D eigenvalue weighted by atomic mass is 16.6. The lowest BCUT2D eigenvalue weighted by atomic mass is 10.0. The van der Waals surface area contributed by atoms with Gasteiger partial charge in [-0.25, -0.2) is 14.6 Å². The Balaban J connectivity index is 1.24. The molecular weight excluding hydrogens is 508 g/mol. The van der Waals surface area contributed by atoms with Gasteiger partial charge in [0.05, 0.1) is 12.7 Å². The number of carbonyl (C=O) groups is 2. The zero-order valence-corrected chi connectivity index (χ0v) is 23.5. The first kappa shape index (κ1) is 28.8. The molecule has 1 amide bonds. The number of esters is 1. The fourth-order valence-electron chi connectivity index (χ4n) is 4.60. The average molecular weight is 545 g/mol. The second kappa shape index (κ2) is 13.2. The van der Waals surface area contributed by atoms with Crippen LogP contribution in [0, 0.1) is 11.3 Å². The molecule has 0 bridgehead atoms. The number of ether oxygens (including phenoxy) is 2. The molecule has 10 heteroatoms. The fraction of sp³-hybridized carbons (Fsp3) is 0.400. The van der Waals surface area contributed by atoms with Crippen molar-refractivity contribution in [3.05, 3.63) is 65.9 Å². The number of piperazine rings is 1. The molecule has 0 aliphatic carbocycles. The standard InChI is InChI=1S/C30H36N6O4/c1-33(2)24-12-9-22(10-13-24)26(21-31)36-18-16-35(17-19-36)15-6-20-39-29(37)25-14-11-23-7-5-8-27(28(23)32-25)40-30(38)34(3)4/h5,7-14,26H,6,15-20H2,1-4H3. The molecule has 1 aliphatic rings. The largest absolute Gasteiger partial charge is 0.461 e. The molecule has 0 N–H and O–H groups in total. The smallest absolute Gasteiger partial charge is 0.414 e. The Morgan fingerprint density at radius 2 is 1.73 bits per heavy atom. The topological polar surface area (TPSA) is 102 Å². The number of aromatic nitrogens is 1. The van der Waals surface area contributed by atoms with E-state index in [1.54, 1.807) is 38.4 Å². The third-order valence-electron chi connectivity index (χ3n) is 6.93. The van der Waals surface area contributed by atoms with Gasteiger partial charge in [0.25, 0.3) is 0 Å². The van der Waals surface area contributed by atoms with E-state index in [1.807, 2.05) is 49.3 Å². The van der Waals surface area contributed by atoms with Crippen molar-refractivity contribution in [1.29, 1.82) is 5.26 Å². The number of nitriles is 1. The summed E-state index contributed by atoms with van der Waals surface area (Å²) in [5.41, 5.74) is 2.71. The monoisotopic (exact) mass is 544 g/mol. The van der Waals surface area contributed by atoms with Gasteiger partial charge in [-0.05, 0) is 36.2 Å². The van der Waals surface area contributed by atoms with Crippen LogP contribution in [0.3, 0.4) is 0 Å². The van der Waals surface area contributed by atoms with Crippen molar-refractivity contribution >= 4 is 28.7 Å². The van der Waals surface area contributed by atoms with E-state index in [4.69, 9.17) is 9.47 Å². The van der Waals surface area contributed by atoms with Crippen molar-refractivity contribution < 1.29 is 19.1 Å². The van der Waals surface area contributed by atoms with Crippen LogP contribution in [0.15, 0.2) is 54.6 Å². The van der Waals surface area contributed by atoms with Gasteiger partial charge in [-0.2, -0.15) is 5.26 Å². The van der Waals surface area contributed by atoms with Crippen LogP contribution in [0.4, 0.5) is 10.5 Å². The molecule has 1 saturated heterocycles. The molecule has 0 saturated carbocycles. The van der Waals surface area contributed by atoms with Crippen LogP contribution >= 0.6 is 0 Å². The molecule has 40 heavy (non-hydrogen) atoms. The Kier molecular flexibility index (Phi) is 9.53. The Morgan fingerprint density at radius 1 is 1.00 bits per heavy atom. The zero-order valence-electron chi connectivity index (χ0n) is 23.5. The zero-order chi connectivity index (χ0) is 28.6. The van der Waals surface area contributed by atoms with E-state index in [0.29, 0.717) is 11.9 Å². The van der Waals surface area contributed by atoms with Crippen molar-refractivity contribution in [3.8, 4) is 11.8 Å². The quantitative estimate of drug-likeness (QED) is 0.294. The molecule has 0 spiro atoms. The van der Waals surface area contributed by atoms with Gasteiger partial charge in [-0.1, -0.05) is 30.3 Å². The van der Waals surface area contributed by atoms with Crippen LogP contribution < -0.4 is 9.64 Å². The lowest BCUT2D eigenvalue weighted by Crippen LogP contribution is -2.47. The maximum atomic E-state index is 12.7. The number of benzene rings is 2. The third kappa shape index (κ3) is 7.05. The van der Waals surface area contributed by atoms with E-state index in [0.717, 1.165) is 49.4 Å². The minimum absolute atomic E-state index is 0.163. The van der Waals surface area contributed by atoms with Gasteiger partial charge in [0.1, 0.15) is 17.3 Å². The minimum Gasteiger partial charge on any atom is -0.461 e. The molecule has 1 fully saturated rings. The number of amides is 1. The Labute approximate surface area is 235 Å². The Morgan fingerprint density at radius 3 is 2.38 bits per heavy atom. The third-order valence-corrected chi connectivity index (χ3v) is 6.93. The van der Waals surface area contributed by atoms with Crippen molar-refractivity contribution in [2.45, 2.75) is 12.5 Å². The van der Waals surface area contributed by atoms with Crippen LogP contribution in [0.5, 0.6) is 5.75 Å². The molecule has 4 rings (SSSR count). The van der Waals surface area contributed by atoms with Gasteiger partial charge >= 0.3 is 12.1 Å². The van der Waals surface area contributed by atoms with Crippen LogP contribution in [-0.2, 0) is 4.74 Å². The number of anilines is 1. The first-order valence-electron chi connectivity index (χ1n) is 13.4. The lowest BCUT2D eigenvalue weighted by molar-refractivity contribution is 0.0466. The highest BCUT2D eigenvalue weighted by molar-refractivity contribution is 5.93. The summed E-state index contributed by atoms with van der Waals surface area (Å²) in [6.07, 6.45) is 0.170. The molecule has 3 aromatic rings. The van der Waals surface area contributed by atoms with Gasteiger partial charge in [0, 0.05) is 72.0 Å². The van der Waals surface area contributed by atoms with Gasteiger partial charge in [0.15, 0.2) is 5.75 Å². The molecule has 1 aliphatic heterocycles. The highest BCUT2D eigenvalue weighted by Gasteiger charge is 2.25. The predicted molar refractivity (Wildman–Crippen MR) is 153 cm³/mol. The van der Waals surface area contributed by atoms with Crippen molar-refractivity contribution in [3.63, 3.8) is 0 Å². The molecule has 1 atom stereocenters. The normalized spacial score (nSPS) is 14.8. The number of rotatable bonds is 9. The maximum Gasteiger partial charge on any atom is 0.414 e. The van der Waals surface area contributed by atoms with E-state index < -0.39 is 12.1 Å². The van der Waals surface area contributed by atoms with E-state index in [9.17, 15) is 14.9 Å². The van der Waals surface area contributed by atoms with Gasteiger partial charge in [0.2, 0.25) is 0 Å². The van der Waals surface area contributed by atoms with E-state index in [1.165, 1.54) is 4.90 Å². The summed E-state index contributed by atoms with van der Waals surface area (Å²) < 4.78 is 10.9. The van der Waals surface area contributed by atoms with Crippen LogP contribution in [0.2, 0.25) is 0 Å². The molecular formula is C30H36N6O4. The minimum atomic E-state index is -0.523. The second-order valence-corrected chi connectivity index (χ2v) is 10.2. The second-order valence-electron chi connectivity index (χ2n) is 10.2. The number of hydrogen-bond donors (Lipinski definition) is 0. The first-order chi connectivity index (χ1) is 19.3. The number of fused-ring (bicyclic) bond motifs is 1. The number of carbonyl (C=O) groups excluding carboxylic acids is 2. The summed E-state index contributed by atoms with van der Waals surface area (Å²) in [5, 5.41) is 10.6. The summed E-state index contributed by atoms with van der Waals surface area (Å²) >= 11 is 0. The molecule has 2 heterocycles. The Bertz CT molecular complexity index is 1360. The van der Waals surface area contributed by atoms with Crippen molar-refractivity contribution in [2.75, 3.05) is 72.4 Å². The number of para-hydroxylation sites is 1. The van der Waals surface area contributed by atoms with Crippen LogP contribution in [0.25, 0.3) is 10.9 Å². The highest BCUT2D eigenvalue weighted by Crippen LogP contribution is 2.26. The summed E-state index contributed by atoms with van der Waals surface area (Å²) in [5.74, 6) is -0.230. The van der Waals surface area contributed by atoms with Gasteiger partial charge < -0.3 is 24.2 Å². The van der Waals surface area contributed by atoms with Crippen LogP contribution in [0.1, 0.15) is 28.5 Å². The summed E-state index contributed by atoms with van der Waals surface area (Å²) in [6.45, 7) is 4.37. The SMILES string of the molecule is CN(C)C(=O)Oc1cccc2ccc(C(=O)OCCCN3CCN(C(C#N)c4ccc(N(C)C)cc4)CC3)nc12. The van der Waals surface area contributed by atoms with E-state index in [-0.39, 0.29) is 24.1 Å². The predicted octanol–water partition coefficient (Wildman–Crippen LogP) is 3.79. The molecule has 0 radical (unpaired) electrons. The number of nitrogens with zero attached hydrogens (tertiary/aromatic N) is 6. The molecule has 10 nitrogen and oxygen atoms in total. The summed E-state index contributed by atoms with van der Waals surface area (Å²) in [6, 6.07) is 19.0. The molecule has 210 valence electrons. The Hall–Kier alpha value is -4.20. The molecule has 1 aromatic heterocycles. The maximum absolute atomic E-state index is 12.7. The van der Waals surface area contributed by atoms with E-state index >= 15 is 0 Å². The first-order valence-corrected chi connectivity index (χ1v) is 13.4.